The number of nitrogens with zero attached hydrogens (tertiary/aromatic N) is 4. The van der Waals surface area contributed by atoms with Crippen LogP contribution in [0.1, 0.15) is 18.2 Å². The smallest absolute Gasteiger partial charge is 0.168 e. The molecule has 0 atom stereocenters. The first-order valence-electron chi connectivity index (χ1n) is 6.68. The van der Waals surface area contributed by atoms with Crippen LogP contribution >= 0.6 is 0 Å². The predicted octanol–water partition coefficient (Wildman–Crippen LogP) is 3.17. The average molecular weight is 277 g/mol. The first kappa shape index (κ1) is 13.2. The van der Waals surface area contributed by atoms with Gasteiger partial charge in [0.25, 0.3) is 0 Å². The molecule has 2 aromatic heterocycles. The summed E-state index contributed by atoms with van der Waals surface area (Å²) in [6, 6.07) is 11.6. The molecule has 0 unspecified atom stereocenters. The van der Waals surface area contributed by atoms with Crippen molar-refractivity contribution in [3.8, 4) is 0 Å². The molecular weight excluding hydrogens is 262 g/mol. The predicted molar refractivity (Wildman–Crippen MR) is 84.3 cm³/mol. The highest BCUT2D eigenvalue weighted by Crippen LogP contribution is 2.16. The molecule has 3 aromatic rings. The van der Waals surface area contributed by atoms with Crippen molar-refractivity contribution in [2.24, 2.45) is 5.10 Å². The molecule has 2 heterocycles. The van der Waals surface area contributed by atoms with Gasteiger partial charge < -0.3 is 0 Å². The fraction of sp³-hybridized carbons (Fsp3) is 0.125. The summed E-state index contributed by atoms with van der Waals surface area (Å²) in [7, 11) is 0. The number of aryl methyl sites for hydroxylation is 1. The number of hydrogen-bond donors (Lipinski definition) is 1. The lowest BCUT2D eigenvalue weighted by atomic mass is 10.2. The van der Waals surface area contributed by atoms with E-state index < -0.39 is 0 Å². The van der Waals surface area contributed by atoms with Gasteiger partial charge in [-0.15, -0.1) is 0 Å². The molecule has 0 amide bonds. The number of nitrogens with one attached hydrogen (secondary N) is 1. The quantitative estimate of drug-likeness (QED) is 0.590. The maximum absolute atomic E-state index is 4.54. The molecule has 5 nitrogen and oxygen atoms in total. The average Bonchev–Trinajstić information content (AvgIpc) is 2.53. The monoisotopic (exact) mass is 277 g/mol. The SMILES string of the molecule is C/C(=N/Nc1nc2ccccc2nc1C)c1cccnc1. The first-order chi connectivity index (χ1) is 10.2. The lowest BCUT2D eigenvalue weighted by molar-refractivity contribution is 1.14. The lowest BCUT2D eigenvalue weighted by Crippen LogP contribution is -2.03. The molecule has 5 heteroatoms. The molecular formula is C16H15N5. The number of fused-ring (bicyclic) bond motifs is 1. The number of rotatable bonds is 3. The van der Waals surface area contributed by atoms with Crippen molar-refractivity contribution >= 4 is 22.6 Å². The number of para-hydroxylation sites is 2. The zero-order valence-electron chi connectivity index (χ0n) is 11.9. The maximum atomic E-state index is 4.54. The fourth-order valence-corrected chi connectivity index (χ4v) is 1.97. The van der Waals surface area contributed by atoms with Crippen LogP contribution in [0, 0.1) is 6.92 Å². The standard InChI is InChI=1S/C16H15N5/c1-11(13-6-5-9-17-10-13)20-21-16-12(2)18-14-7-3-4-8-15(14)19-16/h3-10H,1-2H3,(H,19,21)/b20-11-. The minimum Gasteiger partial charge on any atom is -0.264 e. The van der Waals surface area contributed by atoms with E-state index in [9.17, 15) is 0 Å². The Hall–Kier alpha value is -2.82. The van der Waals surface area contributed by atoms with E-state index in [1.807, 2.05) is 50.2 Å². The van der Waals surface area contributed by atoms with E-state index in [4.69, 9.17) is 0 Å². The third kappa shape index (κ3) is 2.86. The second kappa shape index (κ2) is 5.66. The Morgan fingerprint density at radius 2 is 1.81 bits per heavy atom. The van der Waals surface area contributed by atoms with Crippen molar-refractivity contribution < 1.29 is 0 Å². The van der Waals surface area contributed by atoms with Crippen molar-refractivity contribution in [3.63, 3.8) is 0 Å². The van der Waals surface area contributed by atoms with Crippen LogP contribution < -0.4 is 5.43 Å². The van der Waals surface area contributed by atoms with Crippen molar-refractivity contribution in [2.45, 2.75) is 13.8 Å². The summed E-state index contributed by atoms with van der Waals surface area (Å²) in [4.78, 5) is 13.1. The third-order valence-corrected chi connectivity index (χ3v) is 3.15. The molecule has 3 rings (SSSR count). The van der Waals surface area contributed by atoms with Crippen molar-refractivity contribution in [2.75, 3.05) is 5.43 Å². The van der Waals surface area contributed by atoms with Crippen LogP contribution in [-0.4, -0.2) is 20.7 Å². The van der Waals surface area contributed by atoms with Crippen LogP contribution in [0.5, 0.6) is 0 Å². The minimum atomic E-state index is 0.664. The van der Waals surface area contributed by atoms with Crippen LogP contribution in [0.15, 0.2) is 53.9 Å². The number of anilines is 1. The first-order valence-corrected chi connectivity index (χ1v) is 6.68. The number of aromatic nitrogens is 3. The van der Waals surface area contributed by atoms with E-state index >= 15 is 0 Å². The van der Waals surface area contributed by atoms with E-state index in [0.717, 1.165) is 28.0 Å². The summed E-state index contributed by atoms with van der Waals surface area (Å²) < 4.78 is 0. The number of pyridine rings is 1. The summed E-state index contributed by atoms with van der Waals surface area (Å²) in [6.07, 6.45) is 3.52. The van der Waals surface area contributed by atoms with Crippen LogP contribution in [0.25, 0.3) is 11.0 Å². The molecule has 0 radical (unpaired) electrons. The summed E-state index contributed by atoms with van der Waals surface area (Å²) in [5.41, 5.74) is 7.35. The normalized spacial score (nSPS) is 11.6. The molecule has 0 bridgehead atoms. The topological polar surface area (TPSA) is 63.1 Å². The molecule has 21 heavy (non-hydrogen) atoms. The molecule has 0 aliphatic rings. The van der Waals surface area contributed by atoms with Crippen LogP contribution in [0.4, 0.5) is 5.82 Å². The highest BCUT2D eigenvalue weighted by Gasteiger charge is 2.04. The molecule has 0 aliphatic heterocycles. The van der Waals surface area contributed by atoms with Gasteiger partial charge in [-0.2, -0.15) is 5.10 Å². The number of hydrazone groups is 1. The van der Waals surface area contributed by atoms with Crippen molar-refractivity contribution in [1.29, 1.82) is 0 Å². The lowest BCUT2D eigenvalue weighted by Gasteiger charge is -2.06. The maximum Gasteiger partial charge on any atom is 0.168 e. The zero-order valence-corrected chi connectivity index (χ0v) is 11.9. The second-order valence-corrected chi connectivity index (χ2v) is 4.70. The summed E-state index contributed by atoms with van der Waals surface area (Å²) in [6.45, 7) is 3.84. The Labute approximate surface area is 122 Å². The van der Waals surface area contributed by atoms with Crippen LogP contribution in [0.3, 0.4) is 0 Å². The van der Waals surface area contributed by atoms with Gasteiger partial charge >= 0.3 is 0 Å². The molecule has 0 fully saturated rings. The second-order valence-electron chi connectivity index (χ2n) is 4.70. The Bertz CT molecular complexity index is 796. The van der Waals surface area contributed by atoms with Gasteiger partial charge in [0.15, 0.2) is 5.82 Å². The van der Waals surface area contributed by atoms with Gasteiger partial charge in [-0.05, 0) is 32.0 Å². The van der Waals surface area contributed by atoms with Gasteiger partial charge in [0.05, 0.1) is 22.4 Å². The zero-order chi connectivity index (χ0) is 14.7. The molecule has 0 saturated carbocycles. The minimum absolute atomic E-state index is 0.664. The van der Waals surface area contributed by atoms with Crippen molar-refractivity contribution in [3.05, 3.63) is 60.0 Å². The highest BCUT2D eigenvalue weighted by atomic mass is 15.3. The van der Waals surface area contributed by atoms with E-state index in [1.165, 1.54) is 0 Å². The van der Waals surface area contributed by atoms with Gasteiger partial charge in [-0.1, -0.05) is 18.2 Å². The number of hydrogen-bond acceptors (Lipinski definition) is 5. The largest absolute Gasteiger partial charge is 0.264 e. The van der Waals surface area contributed by atoms with Gasteiger partial charge in [0.2, 0.25) is 0 Å². The van der Waals surface area contributed by atoms with Gasteiger partial charge in [0, 0.05) is 18.0 Å². The summed E-state index contributed by atoms with van der Waals surface area (Å²) in [5, 5.41) is 4.36. The van der Waals surface area contributed by atoms with Gasteiger partial charge in [0.1, 0.15) is 0 Å². The molecule has 0 aliphatic carbocycles. The Balaban J connectivity index is 1.90. The molecule has 104 valence electrons. The Morgan fingerprint density at radius 3 is 2.52 bits per heavy atom. The Kier molecular flexibility index (Phi) is 3.55. The molecule has 0 saturated heterocycles. The summed E-state index contributed by atoms with van der Waals surface area (Å²) in [5.74, 6) is 0.664. The van der Waals surface area contributed by atoms with Gasteiger partial charge in [-0.3, -0.25) is 10.4 Å². The summed E-state index contributed by atoms with van der Waals surface area (Å²) >= 11 is 0. The number of benzene rings is 1. The van der Waals surface area contributed by atoms with Crippen molar-refractivity contribution in [1.82, 2.24) is 15.0 Å². The fourth-order valence-electron chi connectivity index (χ4n) is 1.97. The molecule has 0 spiro atoms. The molecule has 1 N–H and O–H groups in total. The van der Waals surface area contributed by atoms with Crippen LogP contribution in [-0.2, 0) is 0 Å². The van der Waals surface area contributed by atoms with E-state index in [2.05, 4.69) is 25.5 Å². The van der Waals surface area contributed by atoms with Crippen LogP contribution in [0.2, 0.25) is 0 Å². The highest BCUT2D eigenvalue weighted by molar-refractivity contribution is 5.98. The molecule has 1 aromatic carbocycles. The van der Waals surface area contributed by atoms with E-state index in [1.54, 1.807) is 12.4 Å². The third-order valence-electron chi connectivity index (χ3n) is 3.15. The van der Waals surface area contributed by atoms with Gasteiger partial charge in [-0.25, -0.2) is 9.97 Å². The van der Waals surface area contributed by atoms with E-state index in [-0.39, 0.29) is 0 Å². The Morgan fingerprint density at radius 1 is 1.05 bits per heavy atom. The van der Waals surface area contributed by atoms with E-state index in [0.29, 0.717) is 5.82 Å².